The second-order valence-corrected chi connectivity index (χ2v) is 4.60. The Labute approximate surface area is 85.1 Å². The molecule has 2 nitrogen and oxygen atoms in total. The van der Waals surface area contributed by atoms with Gasteiger partial charge in [-0.2, -0.15) is 0 Å². The van der Waals surface area contributed by atoms with Gasteiger partial charge in [0.05, 0.1) is 6.42 Å². The maximum absolute atomic E-state index is 13.2. The van der Waals surface area contributed by atoms with Gasteiger partial charge in [-0.1, -0.05) is 6.07 Å². The number of carboxylic acid groups (broad SMARTS) is 1. The van der Waals surface area contributed by atoms with E-state index in [1.54, 1.807) is 6.07 Å². The first-order valence-electron chi connectivity index (χ1n) is 4.32. The molecule has 4 heteroatoms. The van der Waals surface area contributed by atoms with Gasteiger partial charge in [0, 0.05) is 15.7 Å². The van der Waals surface area contributed by atoms with Crippen molar-refractivity contribution in [1.82, 2.24) is 0 Å². The first-order chi connectivity index (χ1) is 6.66. The standard InChI is InChI=1S/C10H9FO2S/c11-8-2-1-3-9-7(8)4-6(14-9)5-10(12)13/h1-3,6H,4-5H2,(H,12,13). The molecule has 2 rings (SSSR count). The van der Waals surface area contributed by atoms with E-state index in [9.17, 15) is 9.18 Å². The van der Waals surface area contributed by atoms with Crippen LogP contribution in [0.2, 0.25) is 0 Å². The minimum Gasteiger partial charge on any atom is -0.481 e. The summed E-state index contributed by atoms with van der Waals surface area (Å²) >= 11 is 1.46. The molecule has 1 heterocycles. The smallest absolute Gasteiger partial charge is 0.304 e. The number of hydrogen-bond acceptors (Lipinski definition) is 2. The van der Waals surface area contributed by atoms with Gasteiger partial charge in [-0.25, -0.2) is 4.39 Å². The molecule has 0 amide bonds. The van der Waals surface area contributed by atoms with Gasteiger partial charge in [0.15, 0.2) is 0 Å². The Bertz CT molecular complexity index is 378. The fourth-order valence-corrected chi connectivity index (χ4v) is 2.92. The molecule has 0 aliphatic carbocycles. The molecule has 0 bridgehead atoms. The summed E-state index contributed by atoms with van der Waals surface area (Å²) in [5, 5.41) is 8.60. The lowest BCUT2D eigenvalue weighted by molar-refractivity contribution is -0.136. The van der Waals surface area contributed by atoms with Gasteiger partial charge in [0.2, 0.25) is 0 Å². The molecule has 1 N–H and O–H groups in total. The summed E-state index contributed by atoms with van der Waals surface area (Å²) in [6, 6.07) is 4.91. The topological polar surface area (TPSA) is 37.3 Å². The van der Waals surface area contributed by atoms with Gasteiger partial charge in [0.1, 0.15) is 5.82 Å². The molecule has 1 aromatic carbocycles. The van der Waals surface area contributed by atoms with E-state index in [0.29, 0.717) is 12.0 Å². The predicted octanol–water partition coefficient (Wildman–Crippen LogP) is 2.32. The lowest BCUT2D eigenvalue weighted by Gasteiger charge is -2.02. The van der Waals surface area contributed by atoms with Crippen LogP contribution in [-0.2, 0) is 11.2 Å². The average molecular weight is 212 g/mol. The Hall–Kier alpha value is -1.03. The fourth-order valence-electron chi connectivity index (χ4n) is 1.60. The molecular formula is C10H9FO2S. The zero-order chi connectivity index (χ0) is 10.1. The summed E-state index contributed by atoms with van der Waals surface area (Å²) < 4.78 is 13.2. The van der Waals surface area contributed by atoms with Crippen LogP contribution < -0.4 is 0 Å². The van der Waals surface area contributed by atoms with Crippen molar-refractivity contribution in [1.29, 1.82) is 0 Å². The monoisotopic (exact) mass is 212 g/mol. The van der Waals surface area contributed by atoms with E-state index in [-0.39, 0.29) is 17.5 Å². The Kier molecular flexibility index (Phi) is 2.46. The number of aliphatic carboxylic acids is 1. The Morgan fingerprint density at radius 1 is 1.64 bits per heavy atom. The van der Waals surface area contributed by atoms with Crippen LogP contribution in [0.3, 0.4) is 0 Å². The Balaban J connectivity index is 2.18. The minimum absolute atomic E-state index is 0.0144. The van der Waals surface area contributed by atoms with Crippen LogP contribution in [-0.4, -0.2) is 16.3 Å². The van der Waals surface area contributed by atoms with Crippen molar-refractivity contribution in [2.75, 3.05) is 0 Å². The van der Waals surface area contributed by atoms with Gasteiger partial charge in [0.25, 0.3) is 0 Å². The van der Waals surface area contributed by atoms with E-state index in [2.05, 4.69) is 0 Å². The maximum atomic E-state index is 13.2. The van der Waals surface area contributed by atoms with Gasteiger partial charge < -0.3 is 5.11 Å². The number of carboxylic acids is 1. The third-order valence-electron chi connectivity index (χ3n) is 2.20. The van der Waals surface area contributed by atoms with Crippen LogP contribution in [0.15, 0.2) is 23.1 Å². The number of halogens is 1. The van der Waals surface area contributed by atoms with Crippen molar-refractivity contribution < 1.29 is 14.3 Å². The number of benzene rings is 1. The first-order valence-corrected chi connectivity index (χ1v) is 5.20. The summed E-state index contributed by atoms with van der Waals surface area (Å²) in [6.45, 7) is 0. The van der Waals surface area contributed by atoms with Crippen LogP contribution >= 0.6 is 11.8 Å². The molecule has 0 saturated heterocycles. The minimum atomic E-state index is -0.823. The molecule has 1 aliphatic heterocycles. The molecule has 0 radical (unpaired) electrons. The Morgan fingerprint density at radius 2 is 2.43 bits per heavy atom. The third kappa shape index (κ3) is 1.75. The summed E-state index contributed by atoms with van der Waals surface area (Å²) in [7, 11) is 0. The number of thioether (sulfide) groups is 1. The van der Waals surface area contributed by atoms with Crippen LogP contribution in [0.4, 0.5) is 4.39 Å². The van der Waals surface area contributed by atoms with Crippen molar-refractivity contribution >= 4 is 17.7 Å². The average Bonchev–Trinajstić information content (AvgIpc) is 2.47. The van der Waals surface area contributed by atoms with Gasteiger partial charge in [-0.05, 0) is 18.6 Å². The summed E-state index contributed by atoms with van der Waals surface area (Å²) in [4.78, 5) is 11.4. The molecule has 1 aromatic rings. The second-order valence-electron chi connectivity index (χ2n) is 3.26. The highest BCUT2D eigenvalue weighted by Crippen LogP contribution is 2.39. The zero-order valence-electron chi connectivity index (χ0n) is 7.37. The molecule has 1 atom stereocenters. The lowest BCUT2D eigenvalue weighted by Crippen LogP contribution is -2.08. The van der Waals surface area contributed by atoms with Crippen molar-refractivity contribution in [3.05, 3.63) is 29.6 Å². The Morgan fingerprint density at radius 3 is 3.07 bits per heavy atom. The van der Waals surface area contributed by atoms with E-state index in [1.807, 2.05) is 6.07 Å². The summed E-state index contributed by atoms with van der Waals surface area (Å²) in [5.41, 5.74) is 0.670. The normalized spacial score (nSPS) is 19.4. The van der Waals surface area contributed by atoms with Crippen LogP contribution in [0.5, 0.6) is 0 Å². The number of hydrogen-bond donors (Lipinski definition) is 1. The number of carbonyl (C=O) groups is 1. The van der Waals surface area contributed by atoms with Crippen LogP contribution in [0.25, 0.3) is 0 Å². The van der Waals surface area contributed by atoms with Crippen molar-refractivity contribution in [2.24, 2.45) is 0 Å². The number of rotatable bonds is 2. The maximum Gasteiger partial charge on any atom is 0.304 e. The molecule has 74 valence electrons. The van der Waals surface area contributed by atoms with E-state index < -0.39 is 5.97 Å². The third-order valence-corrected chi connectivity index (χ3v) is 3.51. The summed E-state index contributed by atoms with van der Waals surface area (Å²) in [5.74, 6) is -1.04. The fraction of sp³-hybridized carbons (Fsp3) is 0.300. The van der Waals surface area contributed by atoms with Gasteiger partial charge in [-0.15, -0.1) is 11.8 Å². The first kappa shape index (κ1) is 9.52. The lowest BCUT2D eigenvalue weighted by atomic mass is 10.1. The van der Waals surface area contributed by atoms with Crippen LogP contribution in [0.1, 0.15) is 12.0 Å². The molecule has 0 saturated carbocycles. The second kappa shape index (κ2) is 3.61. The zero-order valence-corrected chi connectivity index (χ0v) is 8.18. The quantitative estimate of drug-likeness (QED) is 0.817. The van der Waals surface area contributed by atoms with Crippen molar-refractivity contribution in [3.63, 3.8) is 0 Å². The molecule has 0 fully saturated rings. The van der Waals surface area contributed by atoms with Crippen molar-refractivity contribution in [3.8, 4) is 0 Å². The highest BCUT2D eigenvalue weighted by Gasteiger charge is 2.26. The van der Waals surface area contributed by atoms with E-state index in [0.717, 1.165) is 4.90 Å². The van der Waals surface area contributed by atoms with Gasteiger partial charge >= 0.3 is 5.97 Å². The van der Waals surface area contributed by atoms with E-state index in [1.165, 1.54) is 17.8 Å². The highest BCUT2D eigenvalue weighted by molar-refractivity contribution is 8.00. The van der Waals surface area contributed by atoms with E-state index >= 15 is 0 Å². The molecule has 1 unspecified atom stereocenters. The number of fused-ring (bicyclic) bond motifs is 1. The van der Waals surface area contributed by atoms with Crippen molar-refractivity contribution in [2.45, 2.75) is 23.0 Å². The summed E-state index contributed by atoms with van der Waals surface area (Å²) in [6.07, 6.45) is 0.623. The molecule has 0 aromatic heterocycles. The van der Waals surface area contributed by atoms with Gasteiger partial charge in [-0.3, -0.25) is 4.79 Å². The SMILES string of the molecule is O=C(O)CC1Cc2c(F)cccc2S1. The molecule has 14 heavy (non-hydrogen) atoms. The van der Waals surface area contributed by atoms with E-state index in [4.69, 9.17) is 5.11 Å². The molecule has 1 aliphatic rings. The predicted molar refractivity (Wildman–Crippen MR) is 52.0 cm³/mol. The molecule has 0 spiro atoms. The highest BCUT2D eigenvalue weighted by atomic mass is 32.2. The molecular weight excluding hydrogens is 203 g/mol. The van der Waals surface area contributed by atoms with Crippen LogP contribution in [0, 0.1) is 5.82 Å². The largest absolute Gasteiger partial charge is 0.481 e.